The van der Waals surface area contributed by atoms with E-state index in [1.165, 1.54) is 24.3 Å². The Kier molecular flexibility index (Phi) is 4.36. The fraction of sp³-hybridized carbons (Fsp3) is 0.300. The molecule has 0 saturated carbocycles. The van der Waals surface area contributed by atoms with Crippen LogP contribution in [0.1, 0.15) is 6.42 Å². The van der Waals surface area contributed by atoms with Gasteiger partial charge >= 0.3 is 12.1 Å². The molecule has 3 nitrogen and oxygen atoms in total. The molecule has 1 aromatic carbocycles. The molecule has 1 N–H and O–H groups in total. The van der Waals surface area contributed by atoms with E-state index < -0.39 is 24.7 Å². The van der Waals surface area contributed by atoms with Gasteiger partial charge in [0.15, 0.2) is 6.10 Å². The Balaban J connectivity index is 2.53. The maximum absolute atomic E-state index is 11.9. The molecular formula is C10H8ClF3O3. The summed E-state index contributed by atoms with van der Waals surface area (Å²) in [5.41, 5.74) is 0. The second-order valence-corrected chi connectivity index (χ2v) is 3.63. The topological polar surface area (TPSA) is 46.5 Å². The molecule has 94 valence electrons. The van der Waals surface area contributed by atoms with Crippen molar-refractivity contribution in [2.45, 2.75) is 18.7 Å². The summed E-state index contributed by atoms with van der Waals surface area (Å²) in [6.07, 6.45) is -8.70. The predicted octanol–water partition coefficient (Wildman–Crippen LogP) is 2.56. The van der Waals surface area contributed by atoms with Crippen LogP contribution < -0.4 is 4.74 Å². The Morgan fingerprint density at radius 2 is 1.88 bits per heavy atom. The number of carbonyl (C=O) groups excluding carboxylic acids is 1. The van der Waals surface area contributed by atoms with Crippen molar-refractivity contribution >= 4 is 17.6 Å². The monoisotopic (exact) mass is 268 g/mol. The van der Waals surface area contributed by atoms with E-state index in [0.29, 0.717) is 5.02 Å². The van der Waals surface area contributed by atoms with Gasteiger partial charge in [0.05, 0.1) is 6.42 Å². The number of hydrogen-bond donors (Lipinski definition) is 1. The summed E-state index contributed by atoms with van der Waals surface area (Å²) in [5, 5.41) is 9.03. The number of benzene rings is 1. The number of ether oxygens (including phenoxy) is 1. The first-order valence-electron chi connectivity index (χ1n) is 4.50. The lowest BCUT2D eigenvalue weighted by Crippen LogP contribution is -2.32. The summed E-state index contributed by atoms with van der Waals surface area (Å²) < 4.78 is 40.4. The van der Waals surface area contributed by atoms with Crippen LogP contribution >= 0.6 is 11.6 Å². The minimum absolute atomic E-state index is 0.0637. The first kappa shape index (κ1) is 13.8. The lowest BCUT2D eigenvalue weighted by molar-refractivity contribution is -0.207. The van der Waals surface area contributed by atoms with Gasteiger partial charge in [0.1, 0.15) is 5.75 Å². The summed E-state index contributed by atoms with van der Waals surface area (Å²) in [6, 6.07) is 5.51. The third-order valence-corrected chi connectivity index (χ3v) is 2.04. The molecule has 0 bridgehead atoms. The molecule has 0 heterocycles. The molecule has 1 atom stereocenters. The zero-order chi connectivity index (χ0) is 13.1. The van der Waals surface area contributed by atoms with Crippen LogP contribution in [0.3, 0.4) is 0 Å². The fourth-order valence-electron chi connectivity index (χ4n) is 0.949. The first-order chi connectivity index (χ1) is 7.79. The van der Waals surface area contributed by atoms with Crippen molar-refractivity contribution in [1.82, 2.24) is 0 Å². The van der Waals surface area contributed by atoms with Gasteiger partial charge in [-0.15, -0.1) is 0 Å². The second kappa shape index (κ2) is 5.37. The van der Waals surface area contributed by atoms with Gasteiger partial charge in [-0.1, -0.05) is 11.6 Å². The highest BCUT2D eigenvalue weighted by atomic mass is 35.5. The number of halogens is 4. The van der Waals surface area contributed by atoms with Crippen molar-refractivity contribution in [2.75, 3.05) is 0 Å². The molecule has 0 saturated heterocycles. The van der Waals surface area contributed by atoms with Gasteiger partial charge in [-0.25, -0.2) is 0 Å². The summed E-state index contributed by atoms with van der Waals surface area (Å²) in [4.78, 5) is 11.0. The minimum atomic E-state index is -4.83. The molecule has 0 fully saturated rings. The second-order valence-electron chi connectivity index (χ2n) is 3.19. The van der Waals surface area contributed by atoms with Crippen LogP contribution in [-0.2, 0) is 4.79 Å². The summed E-state index contributed by atoms with van der Waals surface area (Å²) in [5.74, 6) is -1.11. The molecule has 0 spiro atoms. The maximum Gasteiger partial charge on any atom is 0.414 e. The highest BCUT2D eigenvalue weighted by Gasteiger charge is 2.39. The van der Waals surface area contributed by atoms with E-state index in [1.807, 2.05) is 0 Å². The normalized spacial score (nSPS) is 13.2. The van der Waals surface area contributed by atoms with Gasteiger partial charge in [-0.05, 0) is 24.3 Å². The number of aliphatic hydroxyl groups excluding tert-OH is 1. The number of esters is 1. The lowest BCUT2D eigenvalue weighted by Gasteiger charge is -2.13. The molecule has 0 aliphatic rings. The highest BCUT2D eigenvalue weighted by molar-refractivity contribution is 6.30. The average molecular weight is 269 g/mol. The van der Waals surface area contributed by atoms with Gasteiger partial charge in [0, 0.05) is 5.02 Å². The number of rotatable bonds is 3. The molecule has 17 heavy (non-hydrogen) atoms. The number of alkyl halides is 3. The van der Waals surface area contributed by atoms with E-state index in [1.54, 1.807) is 0 Å². The van der Waals surface area contributed by atoms with E-state index in [-0.39, 0.29) is 5.75 Å². The molecular weight excluding hydrogens is 261 g/mol. The zero-order valence-corrected chi connectivity index (χ0v) is 9.13. The van der Waals surface area contributed by atoms with E-state index in [4.69, 9.17) is 16.7 Å². The first-order valence-corrected chi connectivity index (χ1v) is 4.88. The number of hydrogen-bond acceptors (Lipinski definition) is 3. The van der Waals surface area contributed by atoms with Crippen LogP contribution in [0.2, 0.25) is 5.02 Å². The Labute approximate surface area is 99.8 Å². The SMILES string of the molecule is O=C(C[C@@H](O)C(F)(F)F)Oc1ccc(Cl)cc1. The standard InChI is InChI=1S/C10H8ClF3O3/c11-6-1-3-7(4-2-6)17-9(16)5-8(15)10(12,13)14/h1-4,8,15H,5H2/t8-/m1/s1. The Morgan fingerprint density at radius 1 is 1.35 bits per heavy atom. The molecule has 7 heteroatoms. The highest BCUT2D eigenvalue weighted by Crippen LogP contribution is 2.23. The summed E-state index contributed by atoms with van der Waals surface area (Å²) in [7, 11) is 0. The van der Waals surface area contributed by atoms with Crippen molar-refractivity contribution in [3.8, 4) is 5.75 Å². The summed E-state index contributed by atoms with van der Waals surface area (Å²) >= 11 is 5.56. The molecule has 0 aromatic heterocycles. The maximum atomic E-state index is 11.9. The average Bonchev–Trinajstić information content (AvgIpc) is 2.20. The van der Waals surface area contributed by atoms with Crippen molar-refractivity contribution in [3.05, 3.63) is 29.3 Å². The van der Waals surface area contributed by atoms with Gasteiger partial charge in [-0.2, -0.15) is 13.2 Å². The third-order valence-electron chi connectivity index (χ3n) is 1.78. The zero-order valence-electron chi connectivity index (χ0n) is 8.37. The molecule has 1 aromatic rings. The molecule has 0 aliphatic carbocycles. The van der Waals surface area contributed by atoms with E-state index in [0.717, 1.165) is 0 Å². The Bertz CT molecular complexity index is 389. The van der Waals surface area contributed by atoms with E-state index >= 15 is 0 Å². The van der Waals surface area contributed by atoms with E-state index in [9.17, 15) is 18.0 Å². The van der Waals surface area contributed by atoms with Crippen LogP contribution in [-0.4, -0.2) is 23.4 Å². The van der Waals surface area contributed by atoms with Crippen LogP contribution in [0.15, 0.2) is 24.3 Å². The van der Waals surface area contributed by atoms with Crippen molar-refractivity contribution in [3.63, 3.8) is 0 Å². The molecule has 0 amide bonds. The van der Waals surface area contributed by atoms with E-state index in [2.05, 4.69) is 4.74 Å². The van der Waals surface area contributed by atoms with Crippen LogP contribution in [0.4, 0.5) is 13.2 Å². The quantitative estimate of drug-likeness (QED) is 0.677. The lowest BCUT2D eigenvalue weighted by atomic mass is 10.2. The molecule has 0 aliphatic heterocycles. The largest absolute Gasteiger partial charge is 0.426 e. The van der Waals surface area contributed by atoms with Gasteiger partial charge < -0.3 is 9.84 Å². The summed E-state index contributed by atoms with van der Waals surface area (Å²) in [6.45, 7) is 0. The van der Waals surface area contributed by atoms with Crippen LogP contribution in [0.5, 0.6) is 5.75 Å². The Morgan fingerprint density at radius 3 is 2.35 bits per heavy atom. The van der Waals surface area contributed by atoms with Gasteiger partial charge in [-0.3, -0.25) is 4.79 Å². The van der Waals surface area contributed by atoms with Crippen molar-refractivity contribution in [1.29, 1.82) is 0 Å². The fourth-order valence-corrected chi connectivity index (χ4v) is 1.08. The smallest absolute Gasteiger partial charge is 0.414 e. The number of carbonyl (C=O) groups is 1. The Hall–Kier alpha value is -1.27. The van der Waals surface area contributed by atoms with Crippen LogP contribution in [0.25, 0.3) is 0 Å². The minimum Gasteiger partial charge on any atom is -0.426 e. The molecule has 0 unspecified atom stereocenters. The predicted molar refractivity (Wildman–Crippen MR) is 53.8 cm³/mol. The molecule has 0 radical (unpaired) electrons. The van der Waals surface area contributed by atoms with Gasteiger partial charge in [0.2, 0.25) is 0 Å². The van der Waals surface area contributed by atoms with Crippen molar-refractivity contribution in [2.24, 2.45) is 0 Å². The van der Waals surface area contributed by atoms with Crippen molar-refractivity contribution < 1.29 is 27.8 Å². The third kappa shape index (κ3) is 4.62. The van der Waals surface area contributed by atoms with Crippen LogP contribution in [0, 0.1) is 0 Å². The number of aliphatic hydroxyl groups is 1. The molecule has 1 rings (SSSR count). The van der Waals surface area contributed by atoms with Gasteiger partial charge in [0.25, 0.3) is 0 Å².